The molecular weight excluding hydrogens is 312 g/mol. The summed E-state index contributed by atoms with van der Waals surface area (Å²) in [6, 6.07) is 0. The molecule has 0 aliphatic rings. The van der Waals surface area contributed by atoms with Crippen molar-refractivity contribution in [2.24, 2.45) is 0 Å². The van der Waals surface area contributed by atoms with E-state index in [1.165, 1.54) is 96.3 Å². The molecule has 150 valence electrons. The molecule has 0 aliphatic heterocycles. The van der Waals surface area contributed by atoms with E-state index < -0.39 is 6.16 Å². The summed E-state index contributed by atoms with van der Waals surface area (Å²) in [5.74, 6) is 0. The molecule has 0 spiro atoms. The molecule has 0 rings (SSSR count). The quantitative estimate of drug-likeness (QED) is 0.188. The molecule has 0 bridgehead atoms. The zero-order valence-electron chi connectivity index (χ0n) is 17.1. The van der Waals surface area contributed by atoms with Crippen LogP contribution in [0.3, 0.4) is 0 Å². The highest BCUT2D eigenvalue weighted by molar-refractivity contribution is 5.57. The van der Waals surface area contributed by atoms with Crippen LogP contribution in [-0.2, 0) is 4.74 Å². The summed E-state index contributed by atoms with van der Waals surface area (Å²) in [6.45, 7) is 4.26. The van der Waals surface area contributed by atoms with Gasteiger partial charge in [-0.05, 0) is 19.3 Å². The summed E-state index contributed by atoms with van der Waals surface area (Å²) in [4.78, 5) is 10.5. The Bertz CT molecular complexity index is 278. The standard InChI is InChI=1S/C22H44O3/c1-3-5-6-7-8-9-10-11-12-13-14-15-16-17-18-19-20-21(4-2)25-22(23)24/h21H,3-20H2,1-2H3,(H,23,24). The van der Waals surface area contributed by atoms with Crippen LogP contribution < -0.4 is 0 Å². The van der Waals surface area contributed by atoms with Crippen molar-refractivity contribution in [2.45, 2.75) is 136 Å². The summed E-state index contributed by atoms with van der Waals surface area (Å²) in [7, 11) is 0. The van der Waals surface area contributed by atoms with Crippen molar-refractivity contribution in [2.75, 3.05) is 0 Å². The number of carbonyl (C=O) groups is 1. The van der Waals surface area contributed by atoms with Crippen LogP contribution in [0.15, 0.2) is 0 Å². The summed E-state index contributed by atoms with van der Waals surface area (Å²) in [5.41, 5.74) is 0. The fourth-order valence-corrected chi connectivity index (χ4v) is 3.41. The topological polar surface area (TPSA) is 46.5 Å². The van der Waals surface area contributed by atoms with Gasteiger partial charge in [0, 0.05) is 0 Å². The normalized spacial score (nSPS) is 12.2. The number of unbranched alkanes of at least 4 members (excludes halogenated alkanes) is 15. The van der Waals surface area contributed by atoms with Crippen LogP contribution in [0.25, 0.3) is 0 Å². The van der Waals surface area contributed by atoms with Crippen LogP contribution in [0.5, 0.6) is 0 Å². The van der Waals surface area contributed by atoms with E-state index in [9.17, 15) is 4.79 Å². The van der Waals surface area contributed by atoms with Gasteiger partial charge >= 0.3 is 6.16 Å². The number of hydrogen-bond acceptors (Lipinski definition) is 2. The minimum absolute atomic E-state index is 0.107. The highest BCUT2D eigenvalue weighted by atomic mass is 16.7. The summed E-state index contributed by atoms with van der Waals surface area (Å²) in [6.07, 6.45) is 22.3. The molecule has 25 heavy (non-hydrogen) atoms. The lowest BCUT2D eigenvalue weighted by atomic mass is 10.0. The lowest BCUT2D eigenvalue weighted by Crippen LogP contribution is -2.15. The van der Waals surface area contributed by atoms with Crippen LogP contribution in [0.2, 0.25) is 0 Å². The number of carboxylic acid groups (broad SMARTS) is 1. The van der Waals surface area contributed by atoms with Crippen molar-refractivity contribution >= 4 is 6.16 Å². The Morgan fingerprint density at radius 2 is 1.04 bits per heavy atom. The molecule has 0 heterocycles. The minimum Gasteiger partial charge on any atom is -0.450 e. The average molecular weight is 357 g/mol. The molecule has 1 atom stereocenters. The summed E-state index contributed by atoms with van der Waals surface area (Å²) >= 11 is 0. The van der Waals surface area contributed by atoms with Crippen LogP contribution in [-0.4, -0.2) is 17.4 Å². The second-order valence-electron chi connectivity index (χ2n) is 7.51. The van der Waals surface area contributed by atoms with E-state index in [1.54, 1.807) is 0 Å². The Balaban J connectivity index is 3.15. The monoisotopic (exact) mass is 356 g/mol. The van der Waals surface area contributed by atoms with Crippen LogP contribution >= 0.6 is 0 Å². The van der Waals surface area contributed by atoms with Gasteiger partial charge in [-0.2, -0.15) is 0 Å². The second-order valence-corrected chi connectivity index (χ2v) is 7.51. The molecule has 0 aromatic heterocycles. The third-order valence-electron chi connectivity index (χ3n) is 5.10. The molecule has 0 aromatic rings. The van der Waals surface area contributed by atoms with Gasteiger partial charge in [0.05, 0.1) is 0 Å². The summed E-state index contributed by atoms with van der Waals surface area (Å²) < 4.78 is 4.84. The second kappa shape index (κ2) is 19.6. The van der Waals surface area contributed by atoms with E-state index in [4.69, 9.17) is 9.84 Å². The third kappa shape index (κ3) is 19.4. The van der Waals surface area contributed by atoms with Gasteiger partial charge < -0.3 is 9.84 Å². The molecule has 0 radical (unpaired) electrons. The molecule has 0 saturated carbocycles. The van der Waals surface area contributed by atoms with E-state index in [1.807, 2.05) is 6.92 Å². The maximum absolute atomic E-state index is 10.5. The van der Waals surface area contributed by atoms with Crippen LogP contribution in [0.4, 0.5) is 4.79 Å². The van der Waals surface area contributed by atoms with Gasteiger partial charge in [-0.15, -0.1) is 0 Å². The first kappa shape index (κ1) is 24.3. The first-order chi connectivity index (χ1) is 12.2. The molecule has 0 aromatic carbocycles. The molecular formula is C22H44O3. The van der Waals surface area contributed by atoms with Crippen molar-refractivity contribution in [1.82, 2.24) is 0 Å². The van der Waals surface area contributed by atoms with Crippen LogP contribution in [0.1, 0.15) is 129 Å². The summed E-state index contributed by atoms with van der Waals surface area (Å²) in [5, 5.41) is 8.63. The Morgan fingerprint density at radius 1 is 0.680 bits per heavy atom. The number of ether oxygens (including phenoxy) is 1. The zero-order valence-corrected chi connectivity index (χ0v) is 17.1. The molecule has 0 amide bonds. The average Bonchev–Trinajstić information content (AvgIpc) is 2.60. The molecule has 1 unspecified atom stereocenters. The van der Waals surface area contributed by atoms with Gasteiger partial charge in [-0.3, -0.25) is 0 Å². The molecule has 0 saturated heterocycles. The molecule has 0 aliphatic carbocycles. The highest BCUT2D eigenvalue weighted by Crippen LogP contribution is 2.15. The Labute approximate surface area is 156 Å². The zero-order chi connectivity index (χ0) is 18.6. The Hall–Kier alpha value is -0.730. The Morgan fingerprint density at radius 3 is 1.36 bits per heavy atom. The van der Waals surface area contributed by atoms with Gasteiger partial charge in [-0.1, -0.05) is 110 Å². The van der Waals surface area contributed by atoms with E-state index >= 15 is 0 Å². The molecule has 3 heteroatoms. The highest BCUT2D eigenvalue weighted by Gasteiger charge is 2.10. The van der Waals surface area contributed by atoms with Gasteiger partial charge in [0.2, 0.25) is 0 Å². The molecule has 1 N–H and O–H groups in total. The third-order valence-corrected chi connectivity index (χ3v) is 5.10. The SMILES string of the molecule is CCCCCCCCCCCCCCCCCCC(CC)OC(=O)O. The van der Waals surface area contributed by atoms with Gasteiger partial charge in [0.15, 0.2) is 0 Å². The van der Waals surface area contributed by atoms with Gasteiger partial charge in [0.1, 0.15) is 6.10 Å². The van der Waals surface area contributed by atoms with E-state index in [0.29, 0.717) is 0 Å². The first-order valence-corrected chi connectivity index (χ1v) is 11.1. The lowest BCUT2D eigenvalue weighted by molar-refractivity contribution is 0.0454. The largest absolute Gasteiger partial charge is 0.506 e. The van der Waals surface area contributed by atoms with Crippen molar-refractivity contribution < 1.29 is 14.6 Å². The smallest absolute Gasteiger partial charge is 0.450 e. The van der Waals surface area contributed by atoms with Gasteiger partial charge in [-0.25, -0.2) is 4.79 Å². The maximum atomic E-state index is 10.5. The van der Waals surface area contributed by atoms with Crippen molar-refractivity contribution in [3.05, 3.63) is 0 Å². The van der Waals surface area contributed by atoms with Gasteiger partial charge in [0.25, 0.3) is 0 Å². The van der Waals surface area contributed by atoms with Crippen LogP contribution in [0, 0.1) is 0 Å². The number of rotatable bonds is 19. The van der Waals surface area contributed by atoms with Crippen molar-refractivity contribution in [3.8, 4) is 0 Å². The predicted octanol–water partition coefficient (Wildman–Crippen LogP) is 8.11. The number of hydrogen-bond donors (Lipinski definition) is 1. The van der Waals surface area contributed by atoms with E-state index in [2.05, 4.69) is 6.92 Å². The molecule has 3 nitrogen and oxygen atoms in total. The Kier molecular flexibility index (Phi) is 19.0. The first-order valence-electron chi connectivity index (χ1n) is 11.1. The molecule has 0 fully saturated rings. The van der Waals surface area contributed by atoms with E-state index in [0.717, 1.165) is 19.3 Å². The lowest BCUT2D eigenvalue weighted by Gasteiger charge is -2.13. The minimum atomic E-state index is -1.14. The van der Waals surface area contributed by atoms with Crippen molar-refractivity contribution in [1.29, 1.82) is 0 Å². The van der Waals surface area contributed by atoms with Crippen molar-refractivity contribution in [3.63, 3.8) is 0 Å². The maximum Gasteiger partial charge on any atom is 0.506 e. The fourth-order valence-electron chi connectivity index (χ4n) is 3.41. The fraction of sp³-hybridized carbons (Fsp3) is 0.955. The van der Waals surface area contributed by atoms with E-state index in [-0.39, 0.29) is 6.10 Å². The predicted molar refractivity (Wildman–Crippen MR) is 107 cm³/mol.